The average Bonchev–Trinajstić information content (AvgIpc) is 2.64. The molecule has 0 aliphatic heterocycles. The van der Waals surface area contributed by atoms with Crippen LogP contribution >= 0.6 is 23.8 Å². The number of rotatable bonds is 4. The molecule has 0 fully saturated rings. The third-order valence-electron chi connectivity index (χ3n) is 4.34. The van der Waals surface area contributed by atoms with Crippen LogP contribution in [0.15, 0.2) is 47.3 Å². The monoisotopic (exact) mass is 387 g/mol. The van der Waals surface area contributed by atoms with Gasteiger partial charge in [-0.1, -0.05) is 29.8 Å². The molecule has 2 aromatic carbocycles. The number of nitrogens with one attached hydrogen (secondary N) is 1. The molecule has 0 aliphatic carbocycles. The molecule has 0 atom stereocenters. The van der Waals surface area contributed by atoms with E-state index in [1.807, 2.05) is 25.1 Å². The summed E-state index contributed by atoms with van der Waals surface area (Å²) >= 11 is 11.4. The van der Waals surface area contributed by atoms with E-state index >= 15 is 0 Å². The first kappa shape index (κ1) is 18.4. The average molecular weight is 388 g/mol. The lowest BCUT2D eigenvalue weighted by Gasteiger charge is -2.22. The molecular formula is C19H18ClN3O2S. The Balaban J connectivity index is 1.98. The fraction of sp³-hybridized carbons (Fsp3) is 0.211. The summed E-state index contributed by atoms with van der Waals surface area (Å²) in [5.41, 5.74) is 1.74. The summed E-state index contributed by atoms with van der Waals surface area (Å²) in [5.74, 6) is -0.130. The molecule has 1 amide bonds. The maximum Gasteiger partial charge on any atom is 0.261 e. The molecule has 1 N–H and O–H groups in total. The summed E-state index contributed by atoms with van der Waals surface area (Å²) in [4.78, 5) is 29.9. The van der Waals surface area contributed by atoms with E-state index in [2.05, 4.69) is 4.98 Å². The Morgan fingerprint density at radius 3 is 2.69 bits per heavy atom. The zero-order valence-corrected chi connectivity index (χ0v) is 16.0. The van der Waals surface area contributed by atoms with E-state index in [-0.39, 0.29) is 11.5 Å². The molecule has 0 saturated carbocycles. The Morgan fingerprint density at radius 1 is 1.27 bits per heavy atom. The van der Waals surface area contributed by atoms with Crippen molar-refractivity contribution in [2.24, 2.45) is 7.05 Å². The van der Waals surface area contributed by atoms with Gasteiger partial charge in [-0.3, -0.25) is 14.2 Å². The zero-order valence-electron chi connectivity index (χ0n) is 14.5. The molecule has 0 radical (unpaired) electrons. The fourth-order valence-corrected chi connectivity index (χ4v) is 3.17. The number of hydrogen-bond acceptors (Lipinski definition) is 3. The summed E-state index contributed by atoms with van der Waals surface area (Å²) in [5, 5.41) is 1.12. The Labute approximate surface area is 160 Å². The molecule has 3 rings (SSSR count). The molecule has 1 heterocycles. The van der Waals surface area contributed by atoms with Gasteiger partial charge < -0.3 is 9.88 Å². The summed E-state index contributed by atoms with van der Waals surface area (Å²) in [7, 11) is 1.61. The van der Waals surface area contributed by atoms with E-state index < -0.39 is 0 Å². The number of H-pyrrole nitrogens is 1. The molecule has 5 nitrogen and oxygen atoms in total. The predicted octanol–water partition coefficient (Wildman–Crippen LogP) is 3.91. The number of amides is 1. The van der Waals surface area contributed by atoms with Crippen LogP contribution in [0.4, 0.5) is 0 Å². The lowest BCUT2D eigenvalue weighted by atomic mass is 10.1. The van der Waals surface area contributed by atoms with Gasteiger partial charge in [0.25, 0.3) is 11.5 Å². The van der Waals surface area contributed by atoms with Crippen LogP contribution in [-0.2, 0) is 13.6 Å². The highest BCUT2D eigenvalue weighted by Crippen LogP contribution is 2.19. The van der Waals surface area contributed by atoms with Gasteiger partial charge in [-0.2, -0.15) is 0 Å². The van der Waals surface area contributed by atoms with Crippen LogP contribution in [0.3, 0.4) is 0 Å². The van der Waals surface area contributed by atoms with Crippen LogP contribution in [0.5, 0.6) is 0 Å². The van der Waals surface area contributed by atoms with Gasteiger partial charge in [0.1, 0.15) is 0 Å². The van der Waals surface area contributed by atoms with Gasteiger partial charge in [0, 0.05) is 30.7 Å². The number of carbonyl (C=O) groups excluding carboxylic acids is 1. The molecule has 0 spiro atoms. The third kappa shape index (κ3) is 3.43. The van der Waals surface area contributed by atoms with Crippen molar-refractivity contribution in [2.45, 2.75) is 13.5 Å². The van der Waals surface area contributed by atoms with E-state index in [4.69, 9.17) is 23.8 Å². The van der Waals surface area contributed by atoms with Crippen molar-refractivity contribution in [1.82, 2.24) is 14.5 Å². The van der Waals surface area contributed by atoms with E-state index in [0.717, 1.165) is 5.56 Å². The van der Waals surface area contributed by atoms with Crippen molar-refractivity contribution < 1.29 is 4.79 Å². The fourth-order valence-electron chi connectivity index (χ4n) is 2.78. The highest BCUT2D eigenvalue weighted by Gasteiger charge is 2.17. The SMILES string of the molecule is CCN(Cc1ccccc1Cl)C(=O)c1ccc2c(=O)n(C)c(=S)[nH]c2c1. The minimum atomic E-state index is -0.189. The molecule has 26 heavy (non-hydrogen) atoms. The number of aromatic nitrogens is 2. The second kappa shape index (κ2) is 7.43. The van der Waals surface area contributed by atoms with Gasteiger partial charge in [-0.15, -0.1) is 0 Å². The quantitative estimate of drug-likeness (QED) is 0.690. The number of hydrogen-bond donors (Lipinski definition) is 1. The van der Waals surface area contributed by atoms with Crippen molar-refractivity contribution in [3.63, 3.8) is 0 Å². The number of benzene rings is 2. The van der Waals surface area contributed by atoms with Gasteiger partial charge in [0.15, 0.2) is 4.77 Å². The largest absolute Gasteiger partial charge is 0.335 e. The van der Waals surface area contributed by atoms with Crippen molar-refractivity contribution in [1.29, 1.82) is 0 Å². The van der Waals surface area contributed by atoms with Crippen LogP contribution in [0.2, 0.25) is 5.02 Å². The Hall–Kier alpha value is -2.44. The topological polar surface area (TPSA) is 58.1 Å². The first-order chi connectivity index (χ1) is 12.4. The highest BCUT2D eigenvalue weighted by atomic mass is 35.5. The molecule has 134 valence electrons. The molecular weight excluding hydrogens is 370 g/mol. The molecule has 0 aliphatic rings. The van der Waals surface area contributed by atoms with Crippen LogP contribution in [0.25, 0.3) is 10.9 Å². The maximum absolute atomic E-state index is 12.9. The van der Waals surface area contributed by atoms with Crippen LogP contribution < -0.4 is 5.56 Å². The minimum Gasteiger partial charge on any atom is -0.335 e. The zero-order chi connectivity index (χ0) is 18.8. The van der Waals surface area contributed by atoms with Gasteiger partial charge in [-0.05, 0) is 49.0 Å². The predicted molar refractivity (Wildman–Crippen MR) is 106 cm³/mol. The second-order valence-corrected chi connectivity index (χ2v) is 6.76. The van der Waals surface area contributed by atoms with Crippen molar-refractivity contribution in [2.75, 3.05) is 6.54 Å². The van der Waals surface area contributed by atoms with Gasteiger partial charge >= 0.3 is 0 Å². The van der Waals surface area contributed by atoms with Gasteiger partial charge in [-0.25, -0.2) is 0 Å². The molecule has 0 saturated heterocycles. The van der Waals surface area contributed by atoms with E-state index in [1.54, 1.807) is 36.2 Å². The van der Waals surface area contributed by atoms with E-state index in [1.165, 1.54) is 4.57 Å². The highest BCUT2D eigenvalue weighted by molar-refractivity contribution is 7.71. The summed E-state index contributed by atoms with van der Waals surface area (Å²) < 4.78 is 1.69. The van der Waals surface area contributed by atoms with Crippen LogP contribution in [0, 0.1) is 4.77 Å². The third-order valence-corrected chi connectivity index (χ3v) is 5.08. The van der Waals surface area contributed by atoms with Crippen molar-refractivity contribution in [3.05, 3.63) is 73.7 Å². The van der Waals surface area contributed by atoms with Crippen LogP contribution in [0.1, 0.15) is 22.8 Å². The lowest BCUT2D eigenvalue weighted by Crippen LogP contribution is -2.30. The van der Waals surface area contributed by atoms with Crippen molar-refractivity contribution in [3.8, 4) is 0 Å². The molecule has 1 aromatic heterocycles. The first-order valence-corrected chi connectivity index (χ1v) is 8.96. The number of fused-ring (bicyclic) bond motifs is 1. The standard InChI is InChI=1S/C19H18ClN3O2S/c1-3-23(11-13-6-4-5-7-15(13)20)17(24)12-8-9-14-16(10-12)21-19(26)22(2)18(14)25/h4-10H,3,11H2,1-2H3,(H,21,26). The van der Waals surface area contributed by atoms with Crippen molar-refractivity contribution >= 4 is 40.6 Å². The van der Waals surface area contributed by atoms with E-state index in [0.29, 0.717) is 39.3 Å². The Bertz CT molecular complexity index is 1100. The summed E-state index contributed by atoms with van der Waals surface area (Å²) in [6, 6.07) is 12.4. The molecule has 3 aromatic rings. The molecule has 7 heteroatoms. The molecule has 0 unspecified atom stereocenters. The number of aromatic amines is 1. The normalized spacial score (nSPS) is 10.9. The molecule has 0 bridgehead atoms. The Kier molecular flexibility index (Phi) is 5.25. The number of carbonyl (C=O) groups is 1. The summed E-state index contributed by atoms with van der Waals surface area (Å²) in [6.07, 6.45) is 0. The smallest absolute Gasteiger partial charge is 0.261 e. The number of halogens is 1. The second-order valence-electron chi connectivity index (χ2n) is 5.97. The minimum absolute atomic E-state index is 0.130. The number of nitrogens with zero attached hydrogens (tertiary/aromatic N) is 2. The van der Waals surface area contributed by atoms with Gasteiger partial charge in [0.2, 0.25) is 0 Å². The first-order valence-electron chi connectivity index (χ1n) is 8.18. The summed E-state index contributed by atoms with van der Waals surface area (Å²) in [6.45, 7) is 2.87. The van der Waals surface area contributed by atoms with E-state index in [9.17, 15) is 9.59 Å². The Morgan fingerprint density at radius 2 is 2.00 bits per heavy atom. The van der Waals surface area contributed by atoms with Crippen LogP contribution in [-0.4, -0.2) is 26.9 Å². The lowest BCUT2D eigenvalue weighted by molar-refractivity contribution is 0.0753. The van der Waals surface area contributed by atoms with Gasteiger partial charge in [0.05, 0.1) is 10.9 Å². The maximum atomic E-state index is 12.9.